The summed E-state index contributed by atoms with van der Waals surface area (Å²) >= 11 is 0. The van der Waals surface area contributed by atoms with Gasteiger partial charge < -0.3 is 19.3 Å². The van der Waals surface area contributed by atoms with Crippen LogP contribution < -0.4 is 15.5 Å². The lowest BCUT2D eigenvalue weighted by Crippen LogP contribution is -2.28. The van der Waals surface area contributed by atoms with Crippen LogP contribution in [0, 0.1) is 0 Å². The summed E-state index contributed by atoms with van der Waals surface area (Å²) in [5.41, 5.74) is 2.75. The average molecular weight is 444 g/mol. The van der Waals surface area contributed by atoms with E-state index in [1.807, 2.05) is 6.07 Å². The van der Waals surface area contributed by atoms with Crippen molar-refractivity contribution in [3.05, 3.63) is 72.3 Å². The lowest BCUT2D eigenvalue weighted by atomic mass is 10.00. The third-order valence-corrected chi connectivity index (χ3v) is 4.44. The molecule has 0 aromatic heterocycles. The molecule has 0 saturated carbocycles. The molecule has 0 aliphatic carbocycles. The highest BCUT2D eigenvalue weighted by molar-refractivity contribution is 5.86. The largest absolute Gasteiger partial charge is 0.491 e. The Hall–Kier alpha value is -3.40. The Morgan fingerprint density at radius 3 is 2.59 bits per heavy atom. The Morgan fingerprint density at radius 1 is 1.12 bits per heavy atom. The van der Waals surface area contributed by atoms with E-state index in [1.54, 1.807) is 54.6 Å². The number of carbonyl (C=O) groups excluding carboxylic acids is 2. The molecule has 9 nitrogen and oxygen atoms in total. The molecule has 0 unspecified atom stereocenters. The van der Waals surface area contributed by atoms with Gasteiger partial charge in [0.2, 0.25) is 0 Å². The number of nitrogens with one attached hydrogen (secondary N) is 2. The van der Waals surface area contributed by atoms with Crippen LogP contribution >= 0.6 is 0 Å². The normalized spacial score (nSPS) is 12.7. The minimum atomic E-state index is -0.776. The number of amides is 2. The zero-order valence-electron chi connectivity index (χ0n) is 17.8. The average Bonchev–Trinajstić information content (AvgIpc) is 2.82. The van der Waals surface area contributed by atoms with E-state index < -0.39 is 24.2 Å². The van der Waals surface area contributed by atoms with Gasteiger partial charge in [-0.15, -0.1) is 0 Å². The van der Waals surface area contributed by atoms with Crippen molar-refractivity contribution < 1.29 is 34.1 Å². The fraction of sp³-hybridized carbons (Fsp3) is 0.304. The van der Waals surface area contributed by atoms with Gasteiger partial charge in [0.1, 0.15) is 12.4 Å². The molecule has 4 N–H and O–H groups in total. The number of ether oxygens (including phenoxy) is 3. The van der Waals surface area contributed by atoms with E-state index in [0.29, 0.717) is 29.8 Å². The minimum Gasteiger partial charge on any atom is -0.491 e. The van der Waals surface area contributed by atoms with Crippen LogP contribution in [0.4, 0.5) is 10.5 Å². The number of rotatable bonds is 12. The second kappa shape index (κ2) is 13.8. The monoisotopic (exact) mass is 444 g/mol. The van der Waals surface area contributed by atoms with Crippen LogP contribution in [0.5, 0.6) is 5.75 Å². The van der Waals surface area contributed by atoms with Gasteiger partial charge in [0.05, 0.1) is 12.7 Å². The Kier molecular flexibility index (Phi) is 10.7. The van der Waals surface area contributed by atoms with E-state index in [4.69, 9.17) is 24.5 Å². The third-order valence-electron chi connectivity index (χ3n) is 4.44. The van der Waals surface area contributed by atoms with Gasteiger partial charge in [-0.1, -0.05) is 36.4 Å². The quantitative estimate of drug-likeness (QED) is 0.225. The molecule has 0 saturated heterocycles. The fourth-order valence-electron chi connectivity index (χ4n) is 2.97. The number of methoxy groups -OCH3 is 1. The van der Waals surface area contributed by atoms with Gasteiger partial charge in [-0.05, 0) is 42.7 Å². The predicted octanol–water partition coefficient (Wildman–Crippen LogP) is 3.20. The van der Waals surface area contributed by atoms with Crippen molar-refractivity contribution in [1.29, 1.82) is 0 Å². The van der Waals surface area contributed by atoms with Crippen molar-refractivity contribution in [2.45, 2.75) is 25.0 Å². The van der Waals surface area contributed by atoms with Gasteiger partial charge >= 0.3 is 6.09 Å². The second-order valence-electron chi connectivity index (χ2n) is 6.69. The zero-order valence-corrected chi connectivity index (χ0v) is 17.8. The lowest BCUT2D eigenvalue weighted by Gasteiger charge is -2.26. The molecule has 32 heavy (non-hydrogen) atoms. The van der Waals surface area contributed by atoms with Crippen LogP contribution in [0.25, 0.3) is 0 Å². The molecule has 0 fully saturated rings. The van der Waals surface area contributed by atoms with Crippen molar-refractivity contribution in [3.8, 4) is 5.75 Å². The van der Waals surface area contributed by atoms with Crippen molar-refractivity contribution in [1.82, 2.24) is 5.48 Å². The van der Waals surface area contributed by atoms with Crippen molar-refractivity contribution in [2.75, 3.05) is 25.6 Å². The number of aliphatic hydroxyl groups is 1. The van der Waals surface area contributed by atoms with Crippen molar-refractivity contribution in [3.63, 3.8) is 0 Å². The minimum absolute atomic E-state index is 0.127. The van der Waals surface area contributed by atoms with E-state index in [-0.39, 0.29) is 13.2 Å². The Balaban J connectivity index is 2.19. The van der Waals surface area contributed by atoms with Gasteiger partial charge in [-0.25, -0.2) is 10.3 Å². The first-order valence-electron chi connectivity index (χ1n) is 10.1. The molecular weight excluding hydrogens is 416 g/mol. The second-order valence-corrected chi connectivity index (χ2v) is 6.69. The first kappa shape index (κ1) is 24.9. The highest BCUT2D eigenvalue weighted by Gasteiger charge is 2.27. The van der Waals surface area contributed by atoms with E-state index in [2.05, 4.69) is 5.32 Å². The van der Waals surface area contributed by atoms with Crippen LogP contribution in [0.15, 0.2) is 66.7 Å². The van der Waals surface area contributed by atoms with Crippen LogP contribution in [0.2, 0.25) is 0 Å². The summed E-state index contributed by atoms with van der Waals surface area (Å²) in [5.74, 6) is -0.120. The zero-order chi connectivity index (χ0) is 23.2. The van der Waals surface area contributed by atoms with Gasteiger partial charge in [-0.2, -0.15) is 0 Å². The summed E-state index contributed by atoms with van der Waals surface area (Å²) in [7, 11) is 1.51. The first-order chi connectivity index (χ1) is 15.6. The standard InChI is InChI=1S/C23H28N2O7/c1-30-20(12-5-6-13-21(27)25-29)22(17-8-7-11-19(16-17)31-15-14-26)32-23(28)24-18-9-3-2-4-10-18/h2-4,6-11,13,16,20,22,26,29H,5,12,14-15H2,1H3,(H,24,28)(H,25,27)/b13-6+/t20-,22-/m0/s1. The molecule has 2 rings (SSSR count). The number of allylic oxidation sites excluding steroid dienone is 1. The van der Waals surface area contributed by atoms with Crippen LogP contribution in [0.3, 0.4) is 0 Å². The number of benzene rings is 2. The van der Waals surface area contributed by atoms with E-state index >= 15 is 0 Å². The molecule has 0 spiro atoms. The number of hydrogen-bond donors (Lipinski definition) is 4. The van der Waals surface area contributed by atoms with Gasteiger partial charge in [0.25, 0.3) is 5.91 Å². The highest BCUT2D eigenvalue weighted by atomic mass is 16.6. The summed E-state index contributed by atoms with van der Waals surface area (Å²) < 4.78 is 16.8. The molecule has 2 aromatic carbocycles. The molecule has 9 heteroatoms. The Bertz CT molecular complexity index is 874. The maximum absolute atomic E-state index is 12.6. The predicted molar refractivity (Wildman–Crippen MR) is 117 cm³/mol. The molecule has 2 aromatic rings. The van der Waals surface area contributed by atoms with Crippen molar-refractivity contribution in [2.24, 2.45) is 0 Å². The Morgan fingerprint density at radius 2 is 1.91 bits per heavy atom. The lowest BCUT2D eigenvalue weighted by molar-refractivity contribution is -0.124. The third kappa shape index (κ3) is 8.38. The molecule has 0 aliphatic rings. The molecule has 172 valence electrons. The number of para-hydroxylation sites is 1. The van der Waals surface area contributed by atoms with Crippen molar-refractivity contribution >= 4 is 17.7 Å². The van der Waals surface area contributed by atoms with Gasteiger partial charge in [0, 0.05) is 18.9 Å². The number of aliphatic hydroxyl groups excluding tert-OH is 1. The van der Waals surface area contributed by atoms with Crippen LogP contribution in [-0.2, 0) is 14.3 Å². The number of hydrogen-bond acceptors (Lipinski definition) is 7. The molecule has 0 radical (unpaired) electrons. The molecule has 2 atom stereocenters. The van der Waals surface area contributed by atoms with E-state index in [9.17, 15) is 9.59 Å². The van der Waals surface area contributed by atoms with E-state index in [0.717, 1.165) is 0 Å². The van der Waals surface area contributed by atoms with Gasteiger partial charge in [0.15, 0.2) is 6.10 Å². The SMILES string of the molecule is CO[C@@H](CC/C=C/C(=O)NO)[C@@H](OC(=O)Nc1ccccc1)c1cccc(OCCO)c1. The highest BCUT2D eigenvalue weighted by Crippen LogP contribution is 2.29. The topological polar surface area (TPSA) is 126 Å². The maximum Gasteiger partial charge on any atom is 0.412 e. The smallest absolute Gasteiger partial charge is 0.412 e. The molecule has 0 aliphatic heterocycles. The number of anilines is 1. The maximum atomic E-state index is 12.6. The summed E-state index contributed by atoms with van der Waals surface area (Å²) in [6.45, 7) is 0.00692. The van der Waals surface area contributed by atoms with Gasteiger partial charge in [-0.3, -0.25) is 15.3 Å². The Labute approximate surface area is 186 Å². The summed E-state index contributed by atoms with van der Waals surface area (Å²) in [4.78, 5) is 23.7. The summed E-state index contributed by atoms with van der Waals surface area (Å²) in [6.07, 6.45) is 1.69. The number of carbonyl (C=O) groups is 2. The molecular formula is C23H28N2O7. The van der Waals surface area contributed by atoms with Crippen LogP contribution in [0.1, 0.15) is 24.5 Å². The van der Waals surface area contributed by atoms with E-state index in [1.165, 1.54) is 18.7 Å². The molecule has 0 bridgehead atoms. The summed E-state index contributed by atoms with van der Waals surface area (Å²) in [6, 6.07) is 15.9. The summed E-state index contributed by atoms with van der Waals surface area (Å²) in [5, 5.41) is 20.2. The first-order valence-corrected chi connectivity index (χ1v) is 10.1. The molecule has 0 heterocycles. The molecule has 2 amide bonds. The van der Waals surface area contributed by atoms with Crippen LogP contribution in [-0.4, -0.2) is 48.7 Å². The number of hydroxylamine groups is 1. The fourth-order valence-corrected chi connectivity index (χ4v) is 2.97.